The minimum atomic E-state index is 0.0216. The highest BCUT2D eigenvalue weighted by atomic mass is 32.1. The van der Waals surface area contributed by atoms with Crippen molar-refractivity contribution in [3.05, 3.63) is 87.5 Å². The van der Waals surface area contributed by atoms with E-state index in [1.807, 2.05) is 55.8 Å². The molecule has 0 spiro atoms. The van der Waals surface area contributed by atoms with Crippen LogP contribution in [0.3, 0.4) is 0 Å². The second-order valence-electron chi connectivity index (χ2n) is 7.62. The largest absolute Gasteiger partial charge is 0.355 e. The molecule has 5 nitrogen and oxygen atoms in total. The van der Waals surface area contributed by atoms with Crippen LogP contribution in [0.15, 0.2) is 60.0 Å². The van der Waals surface area contributed by atoms with Crippen molar-refractivity contribution in [1.82, 2.24) is 20.1 Å². The molecule has 0 aliphatic heterocycles. The van der Waals surface area contributed by atoms with Gasteiger partial charge < -0.3 is 5.32 Å². The fourth-order valence-electron chi connectivity index (χ4n) is 3.66. The first-order valence-electron chi connectivity index (χ1n) is 10.4. The van der Waals surface area contributed by atoms with Crippen molar-refractivity contribution in [2.24, 2.45) is 0 Å². The van der Waals surface area contributed by atoms with E-state index < -0.39 is 0 Å². The first-order valence-corrected chi connectivity index (χ1v) is 11.3. The third-order valence-electron chi connectivity index (χ3n) is 5.38. The van der Waals surface area contributed by atoms with Gasteiger partial charge in [0.15, 0.2) is 0 Å². The van der Waals surface area contributed by atoms with Crippen molar-refractivity contribution < 1.29 is 4.79 Å². The number of carbonyl (C=O) groups excluding carboxylic acids is 1. The lowest BCUT2D eigenvalue weighted by Crippen LogP contribution is -2.27. The molecule has 0 atom stereocenters. The van der Waals surface area contributed by atoms with Crippen molar-refractivity contribution in [2.45, 2.75) is 33.6 Å². The molecule has 2 aromatic heterocycles. The average Bonchev–Trinajstić information content (AvgIpc) is 3.33. The number of para-hydroxylation sites is 1. The lowest BCUT2D eigenvalue weighted by atomic mass is 10.1. The van der Waals surface area contributed by atoms with E-state index in [4.69, 9.17) is 0 Å². The number of amides is 1. The number of carbonyl (C=O) groups is 1. The zero-order valence-electron chi connectivity index (χ0n) is 18.1. The van der Waals surface area contributed by atoms with Gasteiger partial charge >= 0.3 is 0 Å². The van der Waals surface area contributed by atoms with E-state index in [2.05, 4.69) is 45.0 Å². The summed E-state index contributed by atoms with van der Waals surface area (Å²) in [7, 11) is 0. The molecule has 4 aromatic rings. The van der Waals surface area contributed by atoms with Gasteiger partial charge in [-0.15, -0.1) is 11.3 Å². The van der Waals surface area contributed by atoms with E-state index in [0.717, 1.165) is 45.3 Å². The fourth-order valence-corrected chi connectivity index (χ4v) is 4.28. The van der Waals surface area contributed by atoms with Crippen molar-refractivity contribution in [3.8, 4) is 16.9 Å². The Morgan fingerprint density at radius 2 is 1.77 bits per heavy atom. The SMILES string of the molecule is Cc1nc(-c2ccc(CCNC(=O)Cc3c(C)nn(-c4ccccc4)c3C)cc2)cs1. The van der Waals surface area contributed by atoms with Crippen LogP contribution in [0, 0.1) is 20.8 Å². The molecule has 0 saturated carbocycles. The number of aryl methyl sites for hydroxylation is 2. The lowest BCUT2D eigenvalue weighted by molar-refractivity contribution is -0.120. The Kier molecular flexibility index (Phi) is 6.28. The van der Waals surface area contributed by atoms with Crippen LogP contribution < -0.4 is 5.32 Å². The van der Waals surface area contributed by atoms with Gasteiger partial charge in [-0.2, -0.15) is 5.10 Å². The molecule has 0 aliphatic rings. The molecule has 2 aromatic carbocycles. The molecule has 0 radical (unpaired) electrons. The quantitative estimate of drug-likeness (QED) is 0.457. The Hall–Kier alpha value is -3.25. The van der Waals surface area contributed by atoms with E-state index in [9.17, 15) is 4.79 Å². The molecule has 0 unspecified atom stereocenters. The third kappa shape index (κ3) is 4.91. The first-order chi connectivity index (χ1) is 15.0. The predicted octanol–water partition coefficient (Wildman–Crippen LogP) is 4.82. The van der Waals surface area contributed by atoms with Gasteiger partial charge in [-0.05, 0) is 44.9 Å². The summed E-state index contributed by atoms with van der Waals surface area (Å²) in [5.41, 5.74) is 7.23. The van der Waals surface area contributed by atoms with Crippen LogP contribution in [0.25, 0.3) is 16.9 Å². The highest BCUT2D eigenvalue weighted by molar-refractivity contribution is 7.09. The van der Waals surface area contributed by atoms with Gasteiger partial charge in [0.05, 0.1) is 28.5 Å². The second kappa shape index (κ2) is 9.27. The Bertz CT molecular complexity index is 1180. The van der Waals surface area contributed by atoms with E-state index >= 15 is 0 Å². The average molecular weight is 431 g/mol. The molecule has 31 heavy (non-hydrogen) atoms. The van der Waals surface area contributed by atoms with Crippen LogP contribution in [-0.4, -0.2) is 27.2 Å². The summed E-state index contributed by atoms with van der Waals surface area (Å²) < 4.78 is 1.91. The molecule has 0 fully saturated rings. The van der Waals surface area contributed by atoms with Crippen LogP contribution in [0.2, 0.25) is 0 Å². The summed E-state index contributed by atoms with van der Waals surface area (Å²) >= 11 is 1.66. The molecular weight excluding hydrogens is 404 g/mol. The van der Waals surface area contributed by atoms with Crippen LogP contribution in [0.4, 0.5) is 0 Å². The predicted molar refractivity (Wildman–Crippen MR) is 126 cm³/mol. The lowest BCUT2D eigenvalue weighted by Gasteiger charge is -2.07. The molecule has 0 aliphatic carbocycles. The number of aromatic nitrogens is 3. The van der Waals surface area contributed by atoms with Gasteiger partial charge in [0.25, 0.3) is 0 Å². The van der Waals surface area contributed by atoms with E-state index in [1.54, 1.807) is 11.3 Å². The summed E-state index contributed by atoms with van der Waals surface area (Å²) in [5, 5.41) is 10.8. The summed E-state index contributed by atoms with van der Waals surface area (Å²) in [6.07, 6.45) is 1.13. The summed E-state index contributed by atoms with van der Waals surface area (Å²) in [6, 6.07) is 18.4. The number of nitrogens with one attached hydrogen (secondary N) is 1. The van der Waals surface area contributed by atoms with Gasteiger partial charge in [-0.25, -0.2) is 9.67 Å². The van der Waals surface area contributed by atoms with Crippen LogP contribution >= 0.6 is 11.3 Å². The third-order valence-corrected chi connectivity index (χ3v) is 6.16. The van der Waals surface area contributed by atoms with Crippen molar-refractivity contribution in [3.63, 3.8) is 0 Å². The van der Waals surface area contributed by atoms with Gasteiger partial charge in [0, 0.05) is 28.7 Å². The maximum absolute atomic E-state index is 12.5. The molecule has 4 rings (SSSR count). The summed E-state index contributed by atoms with van der Waals surface area (Å²) in [5.74, 6) is 0.0216. The van der Waals surface area contributed by atoms with Crippen molar-refractivity contribution in [2.75, 3.05) is 6.54 Å². The van der Waals surface area contributed by atoms with E-state index in [-0.39, 0.29) is 5.91 Å². The Morgan fingerprint density at radius 3 is 2.45 bits per heavy atom. The molecule has 6 heteroatoms. The number of nitrogens with zero attached hydrogens (tertiary/aromatic N) is 3. The van der Waals surface area contributed by atoms with E-state index in [0.29, 0.717) is 13.0 Å². The van der Waals surface area contributed by atoms with Crippen molar-refractivity contribution >= 4 is 17.2 Å². The molecule has 158 valence electrons. The first kappa shape index (κ1) is 21.0. The maximum atomic E-state index is 12.5. The molecule has 1 amide bonds. The zero-order chi connectivity index (χ0) is 21.8. The monoisotopic (exact) mass is 430 g/mol. The second-order valence-corrected chi connectivity index (χ2v) is 8.68. The highest BCUT2D eigenvalue weighted by Crippen LogP contribution is 2.22. The fraction of sp³-hybridized carbons (Fsp3) is 0.240. The van der Waals surface area contributed by atoms with Gasteiger partial charge in [0.1, 0.15) is 0 Å². The Labute approximate surface area is 186 Å². The Balaban J connectivity index is 1.32. The minimum absolute atomic E-state index is 0.0216. The van der Waals surface area contributed by atoms with Crippen LogP contribution in [0.5, 0.6) is 0 Å². The number of rotatable bonds is 7. The number of hydrogen-bond donors (Lipinski definition) is 1. The molecule has 0 bridgehead atoms. The molecular formula is C25H26N4OS. The standard InChI is InChI=1S/C25H26N4OS/c1-17-23(18(2)29(28-17)22-7-5-4-6-8-22)15-25(30)26-14-13-20-9-11-21(12-10-20)24-16-31-19(3)27-24/h4-12,16H,13-15H2,1-3H3,(H,26,30). The Morgan fingerprint density at radius 1 is 1.03 bits per heavy atom. The molecule has 1 N–H and O–H groups in total. The van der Waals surface area contributed by atoms with Crippen LogP contribution in [0.1, 0.15) is 27.5 Å². The molecule has 2 heterocycles. The summed E-state index contributed by atoms with van der Waals surface area (Å²) in [6.45, 7) is 6.60. The zero-order valence-corrected chi connectivity index (χ0v) is 18.9. The van der Waals surface area contributed by atoms with Crippen LogP contribution in [-0.2, 0) is 17.6 Å². The minimum Gasteiger partial charge on any atom is -0.355 e. The van der Waals surface area contributed by atoms with E-state index in [1.165, 1.54) is 5.56 Å². The number of hydrogen-bond acceptors (Lipinski definition) is 4. The van der Waals surface area contributed by atoms with Gasteiger partial charge in [-0.1, -0.05) is 42.5 Å². The number of benzene rings is 2. The highest BCUT2D eigenvalue weighted by Gasteiger charge is 2.15. The summed E-state index contributed by atoms with van der Waals surface area (Å²) in [4.78, 5) is 17.1. The topological polar surface area (TPSA) is 59.8 Å². The molecule has 0 saturated heterocycles. The number of thiazole rings is 1. The maximum Gasteiger partial charge on any atom is 0.224 e. The van der Waals surface area contributed by atoms with Crippen molar-refractivity contribution in [1.29, 1.82) is 0 Å². The normalized spacial score (nSPS) is 10.9. The smallest absolute Gasteiger partial charge is 0.224 e. The van der Waals surface area contributed by atoms with Gasteiger partial charge in [-0.3, -0.25) is 4.79 Å². The van der Waals surface area contributed by atoms with Gasteiger partial charge in [0.2, 0.25) is 5.91 Å².